The molecule has 19 heavy (non-hydrogen) atoms. The molecule has 2 nitrogen and oxygen atoms in total. The first kappa shape index (κ1) is 14.9. The molecule has 1 aliphatic rings. The van der Waals surface area contributed by atoms with Crippen LogP contribution in [0.1, 0.15) is 24.8 Å². The van der Waals surface area contributed by atoms with Crippen LogP contribution in [0.5, 0.6) is 0 Å². The molecule has 0 amide bonds. The zero-order valence-electron chi connectivity index (χ0n) is 9.97. The van der Waals surface area contributed by atoms with Crippen molar-refractivity contribution in [3.05, 3.63) is 22.3 Å². The predicted molar refractivity (Wildman–Crippen MR) is 72.4 cm³/mol. The second-order valence-corrected chi connectivity index (χ2v) is 6.11. The summed E-state index contributed by atoms with van der Waals surface area (Å²) in [4.78, 5) is 3.81. The van der Waals surface area contributed by atoms with Crippen molar-refractivity contribution in [3.8, 4) is 0 Å². The van der Waals surface area contributed by atoms with Crippen LogP contribution < -0.4 is 5.32 Å². The van der Waals surface area contributed by atoms with E-state index in [0.29, 0.717) is 11.0 Å². The zero-order valence-corrected chi connectivity index (χ0v) is 12.3. The van der Waals surface area contributed by atoms with Gasteiger partial charge in [-0.25, -0.2) is 4.98 Å². The number of nitrogens with one attached hydrogen (secondary N) is 1. The lowest BCUT2D eigenvalue weighted by atomic mass is 10.1. The smallest absolute Gasteiger partial charge is 0.369 e. The van der Waals surface area contributed by atoms with Crippen molar-refractivity contribution in [2.45, 2.75) is 30.8 Å². The average molecular weight is 358 g/mol. The highest BCUT2D eigenvalue weighted by atomic mass is 79.9. The van der Waals surface area contributed by atoms with Gasteiger partial charge < -0.3 is 5.32 Å². The summed E-state index contributed by atoms with van der Waals surface area (Å²) in [6.45, 7) is 0.422. The van der Waals surface area contributed by atoms with Crippen LogP contribution in [0.3, 0.4) is 0 Å². The molecule has 0 radical (unpaired) electrons. The Morgan fingerprint density at radius 1 is 1.42 bits per heavy atom. The Labute approximate surface area is 122 Å². The molecule has 106 valence electrons. The molecule has 0 aliphatic heterocycles. The molecule has 1 aromatic heterocycles. The SMILES string of the molecule is FC(F)(F)c1cc(Br)cnc1NCC1CCCC1Cl. The maximum atomic E-state index is 12.9. The van der Waals surface area contributed by atoms with Crippen LogP contribution in [0.25, 0.3) is 0 Å². The van der Waals surface area contributed by atoms with E-state index in [9.17, 15) is 13.2 Å². The summed E-state index contributed by atoms with van der Waals surface area (Å²) >= 11 is 9.11. The van der Waals surface area contributed by atoms with E-state index in [-0.39, 0.29) is 17.1 Å². The number of halogens is 5. The minimum absolute atomic E-state index is 0.0392. The third-order valence-electron chi connectivity index (χ3n) is 3.26. The molecule has 0 saturated heterocycles. The van der Waals surface area contributed by atoms with Crippen molar-refractivity contribution in [1.29, 1.82) is 0 Å². The number of pyridine rings is 1. The molecule has 1 fully saturated rings. The quantitative estimate of drug-likeness (QED) is 0.794. The van der Waals surface area contributed by atoms with E-state index in [4.69, 9.17) is 11.6 Å². The van der Waals surface area contributed by atoms with Gasteiger partial charge in [-0.1, -0.05) is 6.42 Å². The first-order chi connectivity index (χ1) is 8.88. The highest BCUT2D eigenvalue weighted by Crippen LogP contribution is 2.36. The number of aromatic nitrogens is 1. The van der Waals surface area contributed by atoms with Gasteiger partial charge in [0, 0.05) is 22.6 Å². The molecule has 2 rings (SSSR count). The maximum Gasteiger partial charge on any atom is 0.419 e. The second-order valence-electron chi connectivity index (χ2n) is 4.64. The molecule has 1 saturated carbocycles. The average Bonchev–Trinajstić information content (AvgIpc) is 2.72. The monoisotopic (exact) mass is 356 g/mol. The van der Waals surface area contributed by atoms with Crippen molar-refractivity contribution in [3.63, 3.8) is 0 Å². The van der Waals surface area contributed by atoms with Gasteiger partial charge in [0.1, 0.15) is 5.82 Å². The van der Waals surface area contributed by atoms with Crippen LogP contribution >= 0.6 is 27.5 Å². The van der Waals surface area contributed by atoms with Gasteiger partial charge >= 0.3 is 6.18 Å². The Morgan fingerprint density at radius 3 is 2.74 bits per heavy atom. The van der Waals surface area contributed by atoms with Gasteiger partial charge in [-0.05, 0) is 40.8 Å². The normalized spacial score (nSPS) is 23.6. The molecule has 2 unspecified atom stereocenters. The molecular formula is C12H13BrClF3N2. The fourth-order valence-electron chi connectivity index (χ4n) is 2.25. The van der Waals surface area contributed by atoms with E-state index in [1.54, 1.807) is 0 Å². The highest BCUT2D eigenvalue weighted by Gasteiger charge is 2.35. The van der Waals surface area contributed by atoms with E-state index in [0.717, 1.165) is 25.3 Å². The Morgan fingerprint density at radius 2 is 2.16 bits per heavy atom. The summed E-state index contributed by atoms with van der Waals surface area (Å²) < 4.78 is 38.9. The van der Waals surface area contributed by atoms with Crippen LogP contribution in [0.2, 0.25) is 0 Å². The first-order valence-corrected chi connectivity index (χ1v) is 7.21. The van der Waals surface area contributed by atoms with Crippen LogP contribution in [0, 0.1) is 5.92 Å². The summed E-state index contributed by atoms with van der Waals surface area (Å²) in [5.74, 6) is 0.0691. The Kier molecular flexibility index (Phi) is 4.61. The lowest BCUT2D eigenvalue weighted by Crippen LogP contribution is -2.21. The van der Waals surface area contributed by atoms with Gasteiger partial charge in [-0.15, -0.1) is 11.6 Å². The number of nitrogens with zero attached hydrogens (tertiary/aromatic N) is 1. The molecule has 7 heteroatoms. The van der Waals surface area contributed by atoms with Crippen LogP contribution in [-0.4, -0.2) is 16.9 Å². The summed E-state index contributed by atoms with van der Waals surface area (Å²) in [5.41, 5.74) is -0.758. The molecular weight excluding hydrogens is 344 g/mol. The molecule has 1 heterocycles. The number of rotatable bonds is 3. The third kappa shape index (κ3) is 3.75. The van der Waals surface area contributed by atoms with Crippen LogP contribution in [0.15, 0.2) is 16.7 Å². The lowest BCUT2D eigenvalue weighted by Gasteiger charge is -2.18. The van der Waals surface area contributed by atoms with Crippen molar-refractivity contribution >= 4 is 33.3 Å². The van der Waals surface area contributed by atoms with E-state index >= 15 is 0 Å². The number of hydrogen-bond donors (Lipinski definition) is 1. The van der Waals surface area contributed by atoms with Gasteiger partial charge in [0.15, 0.2) is 0 Å². The number of anilines is 1. The number of hydrogen-bond acceptors (Lipinski definition) is 2. The van der Waals surface area contributed by atoms with Gasteiger partial charge in [0.25, 0.3) is 0 Å². The minimum atomic E-state index is -4.42. The Bertz CT molecular complexity index is 453. The highest BCUT2D eigenvalue weighted by molar-refractivity contribution is 9.10. The maximum absolute atomic E-state index is 12.9. The molecule has 0 spiro atoms. The molecule has 1 N–H and O–H groups in total. The Hall–Kier alpha value is -0.490. The summed E-state index contributed by atoms with van der Waals surface area (Å²) in [5, 5.41) is 2.82. The minimum Gasteiger partial charge on any atom is -0.369 e. The zero-order chi connectivity index (χ0) is 14.0. The van der Waals surface area contributed by atoms with Crippen molar-refractivity contribution in [1.82, 2.24) is 4.98 Å². The summed E-state index contributed by atoms with van der Waals surface area (Å²) in [7, 11) is 0. The van der Waals surface area contributed by atoms with E-state index in [1.807, 2.05) is 0 Å². The molecule has 1 aliphatic carbocycles. The van der Waals surface area contributed by atoms with Crippen molar-refractivity contribution < 1.29 is 13.2 Å². The fourth-order valence-corrected chi connectivity index (χ4v) is 2.95. The summed E-state index contributed by atoms with van der Waals surface area (Å²) in [6, 6.07) is 1.03. The Balaban J connectivity index is 2.11. The van der Waals surface area contributed by atoms with E-state index < -0.39 is 11.7 Å². The molecule has 0 bridgehead atoms. The van der Waals surface area contributed by atoms with Crippen LogP contribution in [0.4, 0.5) is 19.0 Å². The third-order valence-corrected chi connectivity index (χ3v) is 4.27. The topological polar surface area (TPSA) is 24.9 Å². The van der Waals surface area contributed by atoms with E-state index in [1.165, 1.54) is 6.20 Å². The van der Waals surface area contributed by atoms with Crippen LogP contribution in [-0.2, 0) is 6.18 Å². The largest absolute Gasteiger partial charge is 0.419 e. The standard InChI is InChI=1S/C12H13BrClF3N2/c13-8-4-9(12(15,16)17)11(19-6-8)18-5-7-2-1-3-10(7)14/h4,6-7,10H,1-3,5H2,(H,18,19). The molecule has 2 atom stereocenters. The van der Waals surface area contributed by atoms with Crippen molar-refractivity contribution in [2.75, 3.05) is 11.9 Å². The summed E-state index contributed by atoms with van der Waals surface area (Å²) in [6.07, 6.45) is -0.174. The second kappa shape index (κ2) is 5.87. The lowest BCUT2D eigenvalue weighted by molar-refractivity contribution is -0.137. The number of alkyl halides is 4. The van der Waals surface area contributed by atoms with E-state index in [2.05, 4.69) is 26.2 Å². The molecule has 1 aromatic rings. The fraction of sp³-hybridized carbons (Fsp3) is 0.583. The predicted octanol–water partition coefficient (Wildman–Crippen LogP) is 4.68. The van der Waals surface area contributed by atoms with Gasteiger partial charge in [0.05, 0.1) is 5.56 Å². The van der Waals surface area contributed by atoms with Gasteiger partial charge in [0.2, 0.25) is 0 Å². The molecule has 0 aromatic carbocycles. The van der Waals surface area contributed by atoms with Gasteiger partial charge in [-0.3, -0.25) is 0 Å². The first-order valence-electron chi connectivity index (χ1n) is 5.98. The van der Waals surface area contributed by atoms with Gasteiger partial charge in [-0.2, -0.15) is 13.2 Å². The van der Waals surface area contributed by atoms with Crippen molar-refractivity contribution in [2.24, 2.45) is 5.92 Å².